The van der Waals surface area contributed by atoms with Crippen molar-refractivity contribution in [3.05, 3.63) is 0 Å². The Kier molecular flexibility index (Phi) is 2.75. The minimum Gasteiger partial charge on any atom is -0.247 e. The van der Waals surface area contributed by atoms with Gasteiger partial charge in [0.1, 0.15) is 0 Å². The van der Waals surface area contributed by atoms with Crippen molar-refractivity contribution in [3.63, 3.8) is 0 Å². The van der Waals surface area contributed by atoms with Crippen molar-refractivity contribution in [2.45, 2.75) is 58.0 Å². The van der Waals surface area contributed by atoms with Gasteiger partial charge in [-0.25, -0.2) is 10.0 Å². The number of hydrazine groups is 1. The lowest BCUT2D eigenvalue weighted by molar-refractivity contribution is -0.158. The number of nitrogens with zero attached hydrogens (tertiary/aromatic N) is 2. The lowest BCUT2D eigenvalue weighted by Gasteiger charge is -2.55. The molecule has 0 radical (unpaired) electrons. The van der Waals surface area contributed by atoms with E-state index in [0.717, 1.165) is 0 Å². The van der Waals surface area contributed by atoms with Gasteiger partial charge in [-0.2, -0.15) is 0 Å². The molecule has 1 heterocycles. The van der Waals surface area contributed by atoms with Crippen molar-refractivity contribution in [1.29, 1.82) is 0 Å². The van der Waals surface area contributed by atoms with Gasteiger partial charge < -0.3 is 0 Å². The van der Waals surface area contributed by atoms with Crippen LogP contribution in [0.1, 0.15) is 47.0 Å². The highest BCUT2D eigenvalue weighted by Crippen LogP contribution is 2.38. The molecule has 13 heavy (non-hydrogen) atoms. The molecule has 0 aliphatic carbocycles. The minimum atomic E-state index is 0.311. The fourth-order valence-electron chi connectivity index (χ4n) is 3.07. The molecule has 1 aliphatic rings. The maximum absolute atomic E-state index is 2.52. The second-order valence-electron chi connectivity index (χ2n) is 5.64. The highest BCUT2D eigenvalue weighted by molar-refractivity contribution is 4.94. The summed E-state index contributed by atoms with van der Waals surface area (Å²) in [6.07, 6.45) is 3.95. The first kappa shape index (κ1) is 11.0. The van der Waals surface area contributed by atoms with Gasteiger partial charge in [-0.3, -0.25) is 0 Å². The molecule has 0 aromatic rings. The van der Waals surface area contributed by atoms with Crippen LogP contribution in [0.4, 0.5) is 0 Å². The molecule has 1 saturated heterocycles. The first-order valence-electron chi connectivity index (χ1n) is 5.25. The maximum Gasteiger partial charge on any atom is 0.0306 e. The van der Waals surface area contributed by atoms with Crippen LogP contribution in [-0.2, 0) is 0 Å². The van der Waals surface area contributed by atoms with Gasteiger partial charge in [0.05, 0.1) is 0 Å². The molecule has 0 amide bonds. The minimum absolute atomic E-state index is 0.311. The normalized spacial score (nSPS) is 27.9. The third-order valence-corrected chi connectivity index (χ3v) is 3.12. The molecule has 1 aliphatic heterocycles. The van der Waals surface area contributed by atoms with Crippen LogP contribution in [0.5, 0.6) is 0 Å². The zero-order chi connectivity index (χ0) is 10.3. The van der Waals surface area contributed by atoms with Crippen LogP contribution in [0.25, 0.3) is 0 Å². The summed E-state index contributed by atoms with van der Waals surface area (Å²) in [4.78, 5) is 0. The molecular weight excluding hydrogens is 160 g/mol. The molecule has 78 valence electrons. The van der Waals surface area contributed by atoms with Gasteiger partial charge in [0.15, 0.2) is 0 Å². The quantitative estimate of drug-likeness (QED) is 0.618. The summed E-state index contributed by atoms with van der Waals surface area (Å²) in [6.45, 7) is 9.36. The Morgan fingerprint density at radius 2 is 1.31 bits per heavy atom. The topological polar surface area (TPSA) is 6.48 Å². The summed E-state index contributed by atoms with van der Waals surface area (Å²) in [5.41, 5.74) is 0.622. The Hall–Kier alpha value is -0.0800. The molecule has 2 heteroatoms. The van der Waals surface area contributed by atoms with Crippen molar-refractivity contribution in [2.24, 2.45) is 0 Å². The van der Waals surface area contributed by atoms with E-state index in [2.05, 4.69) is 51.8 Å². The summed E-state index contributed by atoms with van der Waals surface area (Å²) in [7, 11) is 4.30. The molecule has 0 unspecified atom stereocenters. The Morgan fingerprint density at radius 1 is 0.923 bits per heavy atom. The molecule has 2 nitrogen and oxygen atoms in total. The first-order valence-corrected chi connectivity index (χ1v) is 5.25. The summed E-state index contributed by atoms with van der Waals surface area (Å²) >= 11 is 0. The number of hydrogen-bond donors (Lipinski definition) is 0. The smallest absolute Gasteiger partial charge is 0.0306 e. The zero-order valence-electron chi connectivity index (χ0n) is 10.0. The van der Waals surface area contributed by atoms with E-state index in [1.165, 1.54) is 19.3 Å². The fourth-order valence-corrected chi connectivity index (χ4v) is 3.07. The Morgan fingerprint density at radius 3 is 1.54 bits per heavy atom. The monoisotopic (exact) mass is 184 g/mol. The van der Waals surface area contributed by atoms with Crippen molar-refractivity contribution >= 4 is 0 Å². The van der Waals surface area contributed by atoms with Crippen LogP contribution in [0, 0.1) is 0 Å². The highest BCUT2D eigenvalue weighted by atomic mass is 15.7. The van der Waals surface area contributed by atoms with Gasteiger partial charge >= 0.3 is 0 Å². The molecule has 0 spiro atoms. The lowest BCUT2D eigenvalue weighted by Crippen LogP contribution is -2.63. The molecule has 0 atom stereocenters. The van der Waals surface area contributed by atoms with E-state index in [4.69, 9.17) is 0 Å². The molecule has 0 aromatic carbocycles. The molecule has 0 saturated carbocycles. The Labute approximate surface area is 82.9 Å². The van der Waals surface area contributed by atoms with Crippen LogP contribution in [-0.4, -0.2) is 35.2 Å². The van der Waals surface area contributed by atoms with Gasteiger partial charge in [-0.15, -0.1) is 0 Å². The van der Waals surface area contributed by atoms with Crippen molar-refractivity contribution in [1.82, 2.24) is 10.0 Å². The summed E-state index contributed by atoms with van der Waals surface area (Å²) in [5.74, 6) is 0. The predicted octanol–water partition coefficient (Wildman–Crippen LogP) is 2.51. The third-order valence-electron chi connectivity index (χ3n) is 3.12. The van der Waals surface area contributed by atoms with Gasteiger partial charge in [-0.1, -0.05) is 0 Å². The van der Waals surface area contributed by atoms with Crippen LogP contribution in [0.15, 0.2) is 0 Å². The van der Waals surface area contributed by atoms with Gasteiger partial charge in [0.2, 0.25) is 0 Å². The highest BCUT2D eigenvalue weighted by Gasteiger charge is 2.42. The first-order chi connectivity index (χ1) is 5.77. The second kappa shape index (κ2) is 3.25. The Bertz CT molecular complexity index is 167. The number of piperidine rings is 1. The summed E-state index contributed by atoms with van der Waals surface area (Å²) < 4.78 is 0. The van der Waals surface area contributed by atoms with Gasteiger partial charge in [-0.05, 0) is 47.0 Å². The third kappa shape index (κ3) is 2.05. The number of hydrogen-bond acceptors (Lipinski definition) is 2. The molecule has 1 rings (SSSR count). The average Bonchev–Trinajstić information content (AvgIpc) is 1.79. The maximum atomic E-state index is 2.52. The largest absolute Gasteiger partial charge is 0.247 e. The molecule has 0 bridgehead atoms. The van der Waals surface area contributed by atoms with Crippen LogP contribution in [0.2, 0.25) is 0 Å². The average molecular weight is 184 g/mol. The zero-order valence-corrected chi connectivity index (χ0v) is 10.0. The van der Waals surface area contributed by atoms with E-state index in [9.17, 15) is 0 Å². The van der Waals surface area contributed by atoms with Gasteiger partial charge in [0.25, 0.3) is 0 Å². The van der Waals surface area contributed by atoms with Crippen LogP contribution in [0.3, 0.4) is 0 Å². The van der Waals surface area contributed by atoms with E-state index in [-0.39, 0.29) is 0 Å². The summed E-state index contributed by atoms with van der Waals surface area (Å²) in [5, 5.41) is 4.77. The standard InChI is InChI=1S/C11H24N2/c1-10(2)8-7-9-11(3,4)13(10)12(5)6/h7-9H2,1-6H3. The SMILES string of the molecule is CN(C)N1C(C)(C)CCCC1(C)C. The van der Waals surface area contributed by atoms with E-state index >= 15 is 0 Å². The van der Waals surface area contributed by atoms with Crippen LogP contribution < -0.4 is 0 Å². The van der Waals surface area contributed by atoms with E-state index in [1.807, 2.05) is 0 Å². The van der Waals surface area contributed by atoms with Crippen molar-refractivity contribution in [3.8, 4) is 0 Å². The van der Waals surface area contributed by atoms with Gasteiger partial charge in [0, 0.05) is 25.2 Å². The molecule has 0 N–H and O–H groups in total. The van der Waals surface area contributed by atoms with E-state index in [1.54, 1.807) is 0 Å². The Balaban J connectivity index is 2.91. The van der Waals surface area contributed by atoms with Crippen molar-refractivity contribution in [2.75, 3.05) is 14.1 Å². The number of rotatable bonds is 1. The summed E-state index contributed by atoms with van der Waals surface area (Å²) in [6, 6.07) is 0. The van der Waals surface area contributed by atoms with E-state index in [0.29, 0.717) is 11.1 Å². The molecule has 0 aromatic heterocycles. The second-order valence-corrected chi connectivity index (χ2v) is 5.64. The van der Waals surface area contributed by atoms with Crippen LogP contribution >= 0.6 is 0 Å². The molecule has 1 fully saturated rings. The fraction of sp³-hybridized carbons (Fsp3) is 1.00. The lowest BCUT2D eigenvalue weighted by atomic mass is 9.81. The molecular formula is C11H24N2. The van der Waals surface area contributed by atoms with E-state index < -0.39 is 0 Å². The van der Waals surface area contributed by atoms with Crippen molar-refractivity contribution < 1.29 is 0 Å². The predicted molar refractivity (Wildman–Crippen MR) is 57.5 cm³/mol.